The van der Waals surface area contributed by atoms with Crippen molar-refractivity contribution < 1.29 is 18.7 Å². The maximum Gasteiger partial charge on any atom is 0.327 e. The van der Waals surface area contributed by atoms with Crippen LogP contribution in [0.2, 0.25) is 5.02 Å². The van der Waals surface area contributed by atoms with Gasteiger partial charge >= 0.3 is 6.03 Å². The number of hydrogen-bond acceptors (Lipinski definition) is 7. The smallest absolute Gasteiger partial charge is 0.327 e. The number of halogens is 2. The van der Waals surface area contributed by atoms with Crippen LogP contribution in [-0.2, 0) is 0 Å². The van der Waals surface area contributed by atoms with E-state index in [-0.39, 0.29) is 5.56 Å². The summed E-state index contributed by atoms with van der Waals surface area (Å²) in [4.78, 5) is 36.7. The van der Waals surface area contributed by atoms with Crippen molar-refractivity contribution in [3.63, 3.8) is 0 Å². The molecule has 10 nitrogen and oxygen atoms in total. The number of ether oxygens (including phenoxy) is 2. The lowest BCUT2D eigenvalue weighted by atomic mass is 10.1. The lowest BCUT2D eigenvalue weighted by Gasteiger charge is -2.38. The number of methoxy groups -OCH3 is 2. The minimum absolute atomic E-state index is 0.283. The van der Waals surface area contributed by atoms with Crippen LogP contribution in [0.15, 0.2) is 65.5 Å². The van der Waals surface area contributed by atoms with E-state index in [0.717, 1.165) is 13.1 Å². The number of piperazine rings is 1. The largest absolute Gasteiger partial charge is 0.497 e. The van der Waals surface area contributed by atoms with Gasteiger partial charge in [-0.15, -0.1) is 0 Å². The molecule has 1 unspecified atom stereocenters. The molecule has 1 fully saturated rings. The van der Waals surface area contributed by atoms with Gasteiger partial charge in [0, 0.05) is 43.0 Å². The monoisotopic (exact) mass is 594 g/mol. The van der Waals surface area contributed by atoms with Crippen LogP contribution in [0.25, 0.3) is 10.9 Å². The molecule has 0 radical (unpaired) electrons. The maximum atomic E-state index is 14.1. The molecule has 5 rings (SSSR count). The van der Waals surface area contributed by atoms with Gasteiger partial charge in [-0.1, -0.05) is 11.6 Å². The zero-order chi connectivity index (χ0) is 30.0. The summed E-state index contributed by atoms with van der Waals surface area (Å²) < 4.78 is 26.2. The van der Waals surface area contributed by atoms with Gasteiger partial charge in [-0.05, 0) is 68.6 Å². The first kappa shape index (κ1) is 29.2. The van der Waals surface area contributed by atoms with Crippen LogP contribution >= 0.6 is 11.6 Å². The molecular formula is C30H32ClFN6O4. The van der Waals surface area contributed by atoms with Crippen LogP contribution < -0.4 is 30.3 Å². The van der Waals surface area contributed by atoms with Gasteiger partial charge in [-0.2, -0.15) is 0 Å². The molecule has 0 bridgehead atoms. The molecule has 0 saturated carbocycles. The normalized spacial score (nSPS) is 14.5. The Balaban J connectivity index is 1.69. The molecule has 4 aromatic rings. The standard InChI is InChI=1S/C30H32ClFN6O4/c1-19(28-34-25-11-5-20(31)17-24(25)29(39)38(28)36-15-13-35(2)14-16-36)37(26-12-10-23(41-3)18-27(26)42-4)30(40)33-22-8-6-21(32)7-9-22/h5-12,17-19H,13-16H2,1-4H3,(H,33,40). The Morgan fingerprint density at radius 3 is 2.40 bits per heavy atom. The highest BCUT2D eigenvalue weighted by Gasteiger charge is 2.32. The molecule has 1 aliphatic heterocycles. The summed E-state index contributed by atoms with van der Waals surface area (Å²) in [6.07, 6.45) is 0. The second-order valence-corrected chi connectivity index (χ2v) is 10.5. The first-order chi connectivity index (χ1) is 20.2. The molecule has 12 heteroatoms. The highest BCUT2D eigenvalue weighted by molar-refractivity contribution is 6.31. The summed E-state index contributed by atoms with van der Waals surface area (Å²) in [7, 11) is 5.06. The van der Waals surface area contributed by atoms with Crippen LogP contribution in [0.3, 0.4) is 0 Å². The van der Waals surface area contributed by atoms with Crippen molar-refractivity contribution in [1.29, 1.82) is 0 Å². The van der Waals surface area contributed by atoms with E-state index in [9.17, 15) is 14.0 Å². The second-order valence-electron chi connectivity index (χ2n) is 10.0. The van der Waals surface area contributed by atoms with Gasteiger partial charge < -0.3 is 24.7 Å². The van der Waals surface area contributed by atoms with Crippen molar-refractivity contribution in [2.75, 3.05) is 62.7 Å². The van der Waals surface area contributed by atoms with Crippen molar-refractivity contribution in [3.8, 4) is 11.5 Å². The van der Waals surface area contributed by atoms with Gasteiger partial charge in [0.1, 0.15) is 17.3 Å². The molecule has 3 aromatic carbocycles. The summed E-state index contributed by atoms with van der Waals surface area (Å²) in [6.45, 7) is 4.45. The zero-order valence-electron chi connectivity index (χ0n) is 23.8. The average Bonchev–Trinajstić information content (AvgIpc) is 2.99. The highest BCUT2D eigenvalue weighted by atomic mass is 35.5. The number of nitrogens with one attached hydrogen (secondary N) is 1. The number of carbonyl (C=O) groups excluding carboxylic acids is 1. The van der Waals surface area contributed by atoms with E-state index in [1.54, 1.807) is 48.0 Å². The summed E-state index contributed by atoms with van der Waals surface area (Å²) >= 11 is 6.26. The van der Waals surface area contributed by atoms with E-state index in [4.69, 9.17) is 26.1 Å². The molecule has 42 heavy (non-hydrogen) atoms. The van der Waals surface area contributed by atoms with Crippen LogP contribution in [0.5, 0.6) is 11.5 Å². The molecule has 0 spiro atoms. The van der Waals surface area contributed by atoms with Gasteiger partial charge in [0.2, 0.25) is 0 Å². The molecule has 0 aliphatic carbocycles. The molecular weight excluding hydrogens is 563 g/mol. The maximum absolute atomic E-state index is 14.1. The fourth-order valence-electron chi connectivity index (χ4n) is 5.02. The van der Waals surface area contributed by atoms with Gasteiger partial charge in [0.15, 0.2) is 5.82 Å². The Morgan fingerprint density at radius 2 is 1.74 bits per heavy atom. The first-order valence-electron chi connectivity index (χ1n) is 13.4. The van der Waals surface area contributed by atoms with Gasteiger partial charge in [-0.3, -0.25) is 9.69 Å². The topological polar surface area (TPSA) is 92.2 Å². The van der Waals surface area contributed by atoms with Crippen molar-refractivity contribution in [1.82, 2.24) is 14.6 Å². The molecule has 1 aromatic heterocycles. The van der Waals surface area contributed by atoms with Crippen molar-refractivity contribution in [3.05, 3.63) is 87.7 Å². The molecule has 220 valence electrons. The van der Waals surface area contributed by atoms with Crippen molar-refractivity contribution >= 4 is 39.9 Å². The number of benzene rings is 3. The van der Waals surface area contributed by atoms with Crippen molar-refractivity contribution in [2.45, 2.75) is 13.0 Å². The number of fused-ring (bicyclic) bond motifs is 1. The Labute approximate surface area is 247 Å². The van der Waals surface area contributed by atoms with E-state index in [0.29, 0.717) is 57.7 Å². The number of rotatable bonds is 7. The van der Waals surface area contributed by atoms with E-state index in [1.807, 2.05) is 12.1 Å². The molecule has 1 saturated heterocycles. The number of hydrogen-bond donors (Lipinski definition) is 1. The fourth-order valence-corrected chi connectivity index (χ4v) is 5.19. The minimum atomic E-state index is -0.778. The number of urea groups is 1. The number of likely N-dealkylation sites (N-methyl/N-ethyl adjacent to an activating group) is 1. The Bertz CT molecular complexity index is 1660. The first-order valence-corrected chi connectivity index (χ1v) is 13.8. The van der Waals surface area contributed by atoms with Crippen LogP contribution in [0.1, 0.15) is 18.8 Å². The van der Waals surface area contributed by atoms with Gasteiger partial charge in [0.25, 0.3) is 5.56 Å². The second kappa shape index (κ2) is 12.3. The fraction of sp³-hybridized carbons (Fsp3) is 0.300. The predicted molar refractivity (Wildman–Crippen MR) is 162 cm³/mol. The number of aromatic nitrogens is 2. The predicted octanol–water partition coefficient (Wildman–Crippen LogP) is 4.89. The van der Waals surface area contributed by atoms with E-state index >= 15 is 0 Å². The highest BCUT2D eigenvalue weighted by Crippen LogP contribution is 2.37. The number of amides is 2. The number of nitrogens with zero attached hydrogens (tertiary/aromatic N) is 5. The van der Waals surface area contributed by atoms with Crippen LogP contribution in [-0.4, -0.2) is 68.0 Å². The zero-order valence-corrected chi connectivity index (χ0v) is 24.6. The Kier molecular flexibility index (Phi) is 8.51. The van der Waals surface area contributed by atoms with E-state index in [2.05, 4.69) is 10.2 Å². The molecule has 2 amide bonds. The third-order valence-corrected chi connectivity index (χ3v) is 7.55. The lowest BCUT2D eigenvalue weighted by molar-refractivity contribution is 0.253. The Morgan fingerprint density at radius 1 is 1.02 bits per heavy atom. The summed E-state index contributed by atoms with van der Waals surface area (Å²) in [5.41, 5.74) is 0.983. The molecule has 2 heterocycles. The van der Waals surface area contributed by atoms with Crippen LogP contribution in [0, 0.1) is 5.82 Å². The SMILES string of the molecule is COc1ccc(N(C(=O)Nc2ccc(F)cc2)C(C)c2nc3ccc(Cl)cc3c(=O)n2N2CCN(C)CC2)c(OC)c1. The molecule has 1 N–H and O–H groups in total. The van der Waals surface area contributed by atoms with E-state index < -0.39 is 17.9 Å². The minimum Gasteiger partial charge on any atom is -0.497 e. The number of anilines is 2. The molecule has 1 aliphatic rings. The third-order valence-electron chi connectivity index (χ3n) is 7.32. The lowest BCUT2D eigenvalue weighted by Crippen LogP contribution is -2.55. The Hall–Kier alpha value is -4.35. The van der Waals surface area contributed by atoms with E-state index in [1.165, 1.54) is 43.4 Å². The summed E-state index contributed by atoms with van der Waals surface area (Å²) in [5, 5.41) is 5.59. The quantitative estimate of drug-likeness (QED) is 0.326. The van der Waals surface area contributed by atoms with Gasteiger partial charge in [0.05, 0.1) is 36.9 Å². The summed E-state index contributed by atoms with van der Waals surface area (Å²) in [5.74, 6) is 0.840. The van der Waals surface area contributed by atoms with Gasteiger partial charge in [-0.25, -0.2) is 18.8 Å². The van der Waals surface area contributed by atoms with Crippen LogP contribution in [0.4, 0.5) is 20.6 Å². The number of carbonyl (C=O) groups is 1. The van der Waals surface area contributed by atoms with Crippen molar-refractivity contribution in [2.24, 2.45) is 0 Å². The average molecular weight is 595 g/mol. The molecule has 1 atom stereocenters. The third kappa shape index (κ3) is 5.83. The summed E-state index contributed by atoms with van der Waals surface area (Å²) in [6, 6.07) is 14.2.